The Balaban J connectivity index is 1.77. The van der Waals surface area contributed by atoms with Crippen molar-refractivity contribution in [1.82, 2.24) is 15.2 Å². The van der Waals surface area contributed by atoms with Gasteiger partial charge < -0.3 is 5.73 Å². The summed E-state index contributed by atoms with van der Waals surface area (Å²) < 4.78 is 0. The number of aromatic amines is 1. The molecular weight excluding hydrogens is 212 g/mol. The van der Waals surface area contributed by atoms with Crippen LogP contribution in [-0.2, 0) is 5.54 Å². The van der Waals surface area contributed by atoms with Crippen molar-refractivity contribution in [2.45, 2.75) is 63.3 Å². The lowest BCUT2D eigenvalue weighted by molar-refractivity contribution is 0.399. The van der Waals surface area contributed by atoms with Crippen LogP contribution in [0.1, 0.15) is 69.4 Å². The third-order valence-electron chi connectivity index (χ3n) is 4.40. The van der Waals surface area contributed by atoms with Gasteiger partial charge in [-0.3, -0.25) is 5.10 Å². The SMILES string of the molecule is CC(N)(c1n[nH]c(C2CCCCC2)n1)C1CC1. The van der Waals surface area contributed by atoms with Gasteiger partial charge in [0.05, 0.1) is 5.54 Å². The molecule has 1 heterocycles. The van der Waals surface area contributed by atoms with Crippen LogP contribution >= 0.6 is 0 Å². The van der Waals surface area contributed by atoms with Crippen molar-refractivity contribution in [3.63, 3.8) is 0 Å². The van der Waals surface area contributed by atoms with Crippen molar-refractivity contribution in [3.05, 3.63) is 11.6 Å². The van der Waals surface area contributed by atoms with Gasteiger partial charge >= 0.3 is 0 Å². The summed E-state index contributed by atoms with van der Waals surface area (Å²) in [6.07, 6.45) is 8.96. The average Bonchev–Trinajstić information content (AvgIpc) is 3.08. The first-order chi connectivity index (χ1) is 8.18. The molecule has 2 aliphatic carbocycles. The Morgan fingerprint density at radius 2 is 1.88 bits per heavy atom. The van der Waals surface area contributed by atoms with Crippen molar-refractivity contribution in [1.29, 1.82) is 0 Å². The molecule has 94 valence electrons. The topological polar surface area (TPSA) is 67.6 Å². The van der Waals surface area contributed by atoms with Crippen LogP contribution in [0.25, 0.3) is 0 Å². The Bertz CT molecular complexity index is 386. The van der Waals surface area contributed by atoms with Crippen LogP contribution < -0.4 is 5.73 Å². The van der Waals surface area contributed by atoms with Crippen molar-refractivity contribution in [2.24, 2.45) is 11.7 Å². The van der Waals surface area contributed by atoms with E-state index in [0.29, 0.717) is 11.8 Å². The summed E-state index contributed by atoms with van der Waals surface area (Å²) in [7, 11) is 0. The fourth-order valence-electron chi connectivity index (χ4n) is 2.94. The van der Waals surface area contributed by atoms with E-state index in [1.807, 2.05) is 0 Å². The van der Waals surface area contributed by atoms with E-state index in [1.165, 1.54) is 44.9 Å². The van der Waals surface area contributed by atoms with E-state index in [4.69, 9.17) is 5.73 Å². The fourth-order valence-corrected chi connectivity index (χ4v) is 2.94. The van der Waals surface area contributed by atoms with E-state index in [1.54, 1.807) is 0 Å². The lowest BCUT2D eigenvalue weighted by Crippen LogP contribution is -2.36. The van der Waals surface area contributed by atoms with E-state index >= 15 is 0 Å². The van der Waals surface area contributed by atoms with Gasteiger partial charge in [0.25, 0.3) is 0 Å². The lowest BCUT2D eigenvalue weighted by Gasteiger charge is -2.21. The van der Waals surface area contributed by atoms with Crippen molar-refractivity contribution < 1.29 is 0 Å². The summed E-state index contributed by atoms with van der Waals surface area (Å²) in [5.41, 5.74) is 6.01. The molecule has 1 aromatic rings. The van der Waals surface area contributed by atoms with Gasteiger partial charge in [-0.1, -0.05) is 19.3 Å². The van der Waals surface area contributed by atoms with Gasteiger partial charge in [-0.15, -0.1) is 0 Å². The molecule has 17 heavy (non-hydrogen) atoms. The van der Waals surface area contributed by atoms with Crippen molar-refractivity contribution in [3.8, 4) is 0 Å². The maximum atomic E-state index is 6.34. The van der Waals surface area contributed by atoms with E-state index in [2.05, 4.69) is 22.1 Å². The van der Waals surface area contributed by atoms with Crippen LogP contribution in [0.4, 0.5) is 0 Å². The van der Waals surface area contributed by atoms with E-state index in [0.717, 1.165) is 11.6 Å². The van der Waals surface area contributed by atoms with Gasteiger partial charge in [0.2, 0.25) is 0 Å². The third-order valence-corrected chi connectivity index (χ3v) is 4.40. The molecule has 2 saturated carbocycles. The Morgan fingerprint density at radius 1 is 1.18 bits per heavy atom. The van der Waals surface area contributed by atoms with Gasteiger partial charge in [0.1, 0.15) is 5.82 Å². The largest absolute Gasteiger partial charge is 0.319 e. The van der Waals surface area contributed by atoms with Crippen LogP contribution in [0, 0.1) is 5.92 Å². The molecule has 3 rings (SSSR count). The van der Waals surface area contributed by atoms with E-state index in [9.17, 15) is 0 Å². The third kappa shape index (κ3) is 2.10. The highest BCUT2D eigenvalue weighted by Crippen LogP contribution is 2.43. The second kappa shape index (κ2) is 4.09. The van der Waals surface area contributed by atoms with Crippen LogP contribution in [0.15, 0.2) is 0 Å². The zero-order valence-electron chi connectivity index (χ0n) is 10.6. The van der Waals surface area contributed by atoms with Crippen LogP contribution in [0.2, 0.25) is 0 Å². The zero-order valence-corrected chi connectivity index (χ0v) is 10.6. The minimum atomic E-state index is -0.330. The Morgan fingerprint density at radius 3 is 2.53 bits per heavy atom. The highest BCUT2D eigenvalue weighted by atomic mass is 15.2. The molecule has 0 saturated heterocycles. The molecule has 0 aliphatic heterocycles. The predicted octanol–water partition coefficient (Wildman–Crippen LogP) is 2.44. The molecule has 1 aromatic heterocycles. The summed E-state index contributed by atoms with van der Waals surface area (Å²) in [6, 6.07) is 0. The molecule has 3 N–H and O–H groups in total. The minimum Gasteiger partial charge on any atom is -0.319 e. The molecule has 2 fully saturated rings. The molecule has 0 radical (unpaired) electrons. The number of nitrogens with two attached hydrogens (primary N) is 1. The first-order valence-electron chi connectivity index (χ1n) is 6.89. The molecule has 0 spiro atoms. The molecule has 0 aromatic carbocycles. The van der Waals surface area contributed by atoms with E-state index < -0.39 is 0 Å². The highest BCUT2D eigenvalue weighted by molar-refractivity contribution is 5.11. The molecule has 4 nitrogen and oxygen atoms in total. The van der Waals surface area contributed by atoms with Gasteiger partial charge in [-0.25, -0.2) is 4.98 Å². The standard InChI is InChI=1S/C13H22N4/c1-13(14,10-7-8-10)12-15-11(16-17-12)9-5-3-2-4-6-9/h9-10H,2-8,14H2,1H3,(H,15,16,17). The minimum absolute atomic E-state index is 0.330. The normalized spacial score (nSPS) is 25.8. The number of hydrogen-bond acceptors (Lipinski definition) is 3. The van der Waals surface area contributed by atoms with Crippen LogP contribution in [0.5, 0.6) is 0 Å². The first-order valence-corrected chi connectivity index (χ1v) is 6.89. The average molecular weight is 234 g/mol. The summed E-state index contributed by atoms with van der Waals surface area (Å²) in [6.45, 7) is 2.07. The molecule has 2 aliphatic rings. The number of H-pyrrole nitrogens is 1. The fraction of sp³-hybridized carbons (Fsp3) is 0.846. The first kappa shape index (κ1) is 11.2. The summed E-state index contributed by atoms with van der Waals surface area (Å²) in [4.78, 5) is 4.68. The molecule has 4 heteroatoms. The smallest absolute Gasteiger partial charge is 0.170 e. The monoisotopic (exact) mass is 234 g/mol. The Labute approximate surface area is 102 Å². The number of nitrogens with zero attached hydrogens (tertiary/aromatic N) is 2. The molecule has 1 atom stereocenters. The molecule has 1 unspecified atom stereocenters. The second-order valence-electron chi connectivity index (χ2n) is 5.94. The van der Waals surface area contributed by atoms with E-state index in [-0.39, 0.29) is 5.54 Å². The van der Waals surface area contributed by atoms with Gasteiger partial charge in [0.15, 0.2) is 5.82 Å². The Kier molecular flexibility index (Phi) is 2.69. The summed E-state index contributed by atoms with van der Waals surface area (Å²) in [5.74, 6) is 3.05. The maximum Gasteiger partial charge on any atom is 0.170 e. The zero-order chi connectivity index (χ0) is 11.9. The summed E-state index contributed by atoms with van der Waals surface area (Å²) in [5, 5.41) is 7.49. The maximum absolute atomic E-state index is 6.34. The van der Waals surface area contributed by atoms with Crippen molar-refractivity contribution in [2.75, 3.05) is 0 Å². The quantitative estimate of drug-likeness (QED) is 0.844. The number of aromatic nitrogens is 3. The molecular formula is C13H22N4. The molecule has 0 bridgehead atoms. The summed E-state index contributed by atoms with van der Waals surface area (Å²) >= 11 is 0. The second-order valence-corrected chi connectivity index (χ2v) is 5.94. The van der Waals surface area contributed by atoms with Gasteiger partial charge in [-0.2, -0.15) is 5.10 Å². The number of rotatable bonds is 3. The Hall–Kier alpha value is -0.900. The van der Waals surface area contributed by atoms with Crippen LogP contribution in [-0.4, -0.2) is 15.2 Å². The van der Waals surface area contributed by atoms with Gasteiger partial charge in [0, 0.05) is 5.92 Å². The number of nitrogens with one attached hydrogen (secondary N) is 1. The molecule has 0 amide bonds. The highest BCUT2D eigenvalue weighted by Gasteiger charge is 2.42. The van der Waals surface area contributed by atoms with Gasteiger partial charge in [-0.05, 0) is 38.5 Å². The predicted molar refractivity (Wildman–Crippen MR) is 66.5 cm³/mol. The number of hydrogen-bond donors (Lipinski definition) is 2. The van der Waals surface area contributed by atoms with Crippen molar-refractivity contribution >= 4 is 0 Å². The lowest BCUT2D eigenvalue weighted by atomic mass is 9.89. The van der Waals surface area contributed by atoms with Crippen LogP contribution in [0.3, 0.4) is 0 Å².